The summed E-state index contributed by atoms with van der Waals surface area (Å²) in [7, 11) is 0. The number of anilines is 1. The van der Waals surface area contributed by atoms with E-state index in [0.717, 1.165) is 25.1 Å². The molecule has 1 aromatic rings. The molecule has 1 aromatic carbocycles. The first-order valence-corrected chi connectivity index (χ1v) is 5.27. The molecule has 1 N–H and O–H groups in total. The summed E-state index contributed by atoms with van der Waals surface area (Å²) in [6.07, 6.45) is -12.6. The molecule has 0 saturated heterocycles. The van der Waals surface area contributed by atoms with Crippen LogP contribution in [0.5, 0.6) is 0 Å². The fourth-order valence-corrected chi connectivity index (χ4v) is 2.09. The monoisotopic (exact) mass is 285 g/mol. The molecule has 2 rings (SSSR count). The molecule has 2 nitrogen and oxygen atoms in total. The average molecular weight is 285 g/mol. The summed E-state index contributed by atoms with van der Waals surface area (Å²) >= 11 is 0. The van der Waals surface area contributed by atoms with Gasteiger partial charge in [0, 0.05) is 11.3 Å². The third-order valence-electron chi connectivity index (χ3n) is 2.82. The minimum absolute atomic E-state index is 0.240. The summed E-state index contributed by atoms with van der Waals surface area (Å²) in [6, 6.07) is 4.36. The van der Waals surface area contributed by atoms with Crippen molar-refractivity contribution in [3.63, 3.8) is 0 Å². The Morgan fingerprint density at radius 1 is 1.05 bits per heavy atom. The molecule has 1 heterocycles. The summed E-state index contributed by atoms with van der Waals surface area (Å²) < 4.78 is 82.7. The third-order valence-corrected chi connectivity index (χ3v) is 2.82. The Morgan fingerprint density at radius 2 is 1.58 bits per heavy atom. The Labute approximate surface area is 104 Å². The molecule has 0 saturated carbocycles. The number of rotatable bonds is 0. The number of halogens is 6. The Kier molecular flexibility index (Phi) is 2.96. The molecule has 0 radical (unpaired) electrons. The highest BCUT2D eigenvalue weighted by Gasteiger charge is 2.75. The third kappa shape index (κ3) is 1.94. The van der Waals surface area contributed by atoms with E-state index in [1.807, 2.05) is 0 Å². The quantitative estimate of drug-likeness (QED) is 0.732. The molecule has 0 bridgehead atoms. The van der Waals surface area contributed by atoms with E-state index in [1.54, 1.807) is 0 Å². The summed E-state index contributed by atoms with van der Waals surface area (Å²) in [5.41, 5.74) is -5.52. The minimum atomic E-state index is -5.61. The highest BCUT2D eigenvalue weighted by molar-refractivity contribution is 5.57. The Bertz CT molecular complexity index is 467. The highest BCUT2D eigenvalue weighted by atomic mass is 19.4. The van der Waals surface area contributed by atoms with Crippen LogP contribution in [0.4, 0.5) is 32.0 Å². The number of hydrogen-bond acceptors (Lipinski definition) is 2. The summed E-state index contributed by atoms with van der Waals surface area (Å²) in [5.74, 6) is 0. The van der Waals surface area contributed by atoms with Gasteiger partial charge in [0.05, 0.1) is 0 Å². The van der Waals surface area contributed by atoms with E-state index in [1.165, 1.54) is 6.07 Å². The van der Waals surface area contributed by atoms with Crippen LogP contribution in [0.3, 0.4) is 0 Å². The molecular formula is C11H9F6NO. The van der Waals surface area contributed by atoms with Gasteiger partial charge in [-0.05, 0) is 13.0 Å². The number of hydrogen-bond donors (Lipinski definition) is 1. The van der Waals surface area contributed by atoms with Crippen molar-refractivity contribution in [2.45, 2.75) is 31.1 Å². The lowest BCUT2D eigenvalue weighted by Crippen LogP contribution is -2.60. The molecule has 1 aliphatic heterocycles. The van der Waals surface area contributed by atoms with E-state index >= 15 is 0 Å². The van der Waals surface area contributed by atoms with Crippen molar-refractivity contribution in [2.75, 3.05) is 5.32 Å². The van der Waals surface area contributed by atoms with Crippen molar-refractivity contribution in [3.05, 3.63) is 29.8 Å². The normalized spacial score (nSPS) is 22.6. The molecule has 0 aromatic heterocycles. The van der Waals surface area contributed by atoms with Gasteiger partial charge in [-0.1, -0.05) is 18.2 Å². The molecule has 0 amide bonds. The predicted octanol–water partition coefficient (Wildman–Crippen LogP) is 3.79. The molecule has 1 aliphatic rings. The lowest BCUT2D eigenvalue weighted by Gasteiger charge is -2.43. The molecule has 0 spiro atoms. The fourth-order valence-electron chi connectivity index (χ4n) is 2.09. The maximum atomic E-state index is 13.1. The van der Waals surface area contributed by atoms with Crippen molar-refractivity contribution in [1.82, 2.24) is 0 Å². The molecule has 1 unspecified atom stereocenters. The van der Waals surface area contributed by atoms with Crippen molar-refractivity contribution in [3.8, 4) is 0 Å². The van der Waals surface area contributed by atoms with Crippen LogP contribution < -0.4 is 5.32 Å². The standard InChI is InChI=1S/C11H9F6NO/c1-6-18-8-5-3-2-4-7(8)9(19-6,10(12,13)14)11(15,16)17/h2-6,18H,1H3. The summed E-state index contributed by atoms with van der Waals surface area (Å²) in [5, 5.41) is 2.44. The Balaban J connectivity index is 2.75. The second-order valence-electron chi connectivity index (χ2n) is 4.13. The second kappa shape index (κ2) is 4.03. The van der Waals surface area contributed by atoms with Crippen molar-refractivity contribution in [2.24, 2.45) is 0 Å². The van der Waals surface area contributed by atoms with Gasteiger partial charge < -0.3 is 10.1 Å². The number of nitrogens with one attached hydrogen (secondary N) is 1. The maximum absolute atomic E-state index is 13.1. The van der Waals surface area contributed by atoms with Crippen molar-refractivity contribution >= 4 is 5.69 Å². The predicted molar refractivity (Wildman–Crippen MR) is 54.4 cm³/mol. The minimum Gasteiger partial charge on any atom is -0.360 e. The zero-order valence-electron chi connectivity index (χ0n) is 9.56. The van der Waals surface area contributed by atoms with Gasteiger partial charge in [0.25, 0.3) is 5.60 Å². The van der Waals surface area contributed by atoms with Crippen LogP contribution in [0.2, 0.25) is 0 Å². The summed E-state index contributed by atoms with van der Waals surface area (Å²) in [6.45, 7) is 1.09. The highest BCUT2D eigenvalue weighted by Crippen LogP contribution is 2.56. The van der Waals surface area contributed by atoms with Crippen LogP contribution in [-0.4, -0.2) is 18.6 Å². The van der Waals surface area contributed by atoms with Crippen LogP contribution in [0, 0.1) is 0 Å². The van der Waals surface area contributed by atoms with E-state index < -0.39 is 29.7 Å². The van der Waals surface area contributed by atoms with Crippen molar-refractivity contribution in [1.29, 1.82) is 0 Å². The Hall–Kier alpha value is -1.44. The number of alkyl halides is 6. The zero-order chi connectivity index (χ0) is 14.5. The van der Waals surface area contributed by atoms with E-state index in [-0.39, 0.29) is 5.69 Å². The van der Waals surface area contributed by atoms with Crippen LogP contribution in [0.15, 0.2) is 24.3 Å². The van der Waals surface area contributed by atoms with E-state index in [4.69, 9.17) is 0 Å². The largest absolute Gasteiger partial charge is 0.431 e. The van der Waals surface area contributed by atoms with E-state index in [9.17, 15) is 26.3 Å². The number of ether oxygens (including phenoxy) is 1. The van der Waals surface area contributed by atoms with Gasteiger partial charge in [0.2, 0.25) is 0 Å². The molecule has 0 aliphatic carbocycles. The molecule has 0 fully saturated rings. The van der Waals surface area contributed by atoms with Crippen LogP contribution in [0.25, 0.3) is 0 Å². The zero-order valence-corrected chi connectivity index (χ0v) is 9.56. The Morgan fingerprint density at radius 3 is 2.11 bits per heavy atom. The van der Waals surface area contributed by atoms with E-state index in [2.05, 4.69) is 10.1 Å². The fraction of sp³-hybridized carbons (Fsp3) is 0.455. The smallest absolute Gasteiger partial charge is 0.360 e. The maximum Gasteiger partial charge on any atom is 0.431 e. The van der Waals surface area contributed by atoms with E-state index in [0.29, 0.717) is 0 Å². The number of para-hydroxylation sites is 1. The van der Waals surface area contributed by atoms with Crippen molar-refractivity contribution < 1.29 is 31.1 Å². The molecular weight excluding hydrogens is 276 g/mol. The molecule has 19 heavy (non-hydrogen) atoms. The van der Waals surface area contributed by atoms with Gasteiger partial charge in [-0.15, -0.1) is 0 Å². The molecule has 1 atom stereocenters. The average Bonchev–Trinajstić information content (AvgIpc) is 2.24. The number of fused-ring (bicyclic) bond motifs is 1. The second-order valence-corrected chi connectivity index (χ2v) is 4.13. The van der Waals surface area contributed by atoms with Crippen LogP contribution >= 0.6 is 0 Å². The topological polar surface area (TPSA) is 21.3 Å². The van der Waals surface area contributed by atoms with Gasteiger partial charge in [-0.3, -0.25) is 0 Å². The van der Waals surface area contributed by atoms with Gasteiger partial charge in [0.1, 0.15) is 6.23 Å². The molecule has 106 valence electrons. The van der Waals surface area contributed by atoms with Crippen LogP contribution in [-0.2, 0) is 10.3 Å². The first-order chi connectivity index (χ1) is 8.59. The number of benzene rings is 1. The SMILES string of the molecule is CC1Nc2ccccc2C(C(F)(F)F)(C(F)(F)F)O1. The first kappa shape index (κ1) is 14.0. The summed E-state index contributed by atoms with van der Waals surface area (Å²) in [4.78, 5) is 0. The van der Waals surface area contributed by atoms with Gasteiger partial charge in [-0.2, -0.15) is 26.3 Å². The van der Waals surface area contributed by atoms with Gasteiger partial charge in [-0.25, -0.2) is 0 Å². The lowest BCUT2D eigenvalue weighted by atomic mass is 9.89. The molecule has 8 heteroatoms. The van der Waals surface area contributed by atoms with Gasteiger partial charge >= 0.3 is 12.4 Å². The van der Waals surface area contributed by atoms with Gasteiger partial charge in [0.15, 0.2) is 0 Å². The van der Waals surface area contributed by atoms with Crippen LogP contribution in [0.1, 0.15) is 12.5 Å². The lowest BCUT2D eigenvalue weighted by molar-refractivity contribution is -0.397. The first-order valence-electron chi connectivity index (χ1n) is 5.27.